The number of H-pyrrole nitrogens is 1. The highest BCUT2D eigenvalue weighted by atomic mass is 32.2. The predicted octanol–water partition coefficient (Wildman–Crippen LogP) is 4.29. The van der Waals surface area contributed by atoms with Gasteiger partial charge < -0.3 is 10.3 Å². The number of anilines is 1. The molecule has 1 atom stereocenters. The van der Waals surface area contributed by atoms with E-state index >= 15 is 0 Å². The smallest absolute Gasteiger partial charge is 0.257 e. The molecule has 0 unspecified atom stereocenters. The zero-order chi connectivity index (χ0) is 20.5. The molecule has 7 heteroatoms. The summed E-state index contributed by atoms with van der Waals surface area (Å²) in [5.74, 6) is 0.0637. The van der Waals surface area contributed by atoms with Crippen molar-refractivity contribution in [2.24, 2.45) is 0 Å². The van der Waals surface area contributed by atoms with E-state index in [2.05, 4.69) is 21.4 Å². The van der Waals surface area contributed by atoms with Crippen LogP contribution >= 0.6 is 11.8 Å². The van der Waals surface area contributed by atoms with E-state index in [4.69, 9.17) is 0 Å². The fraction of sp³-hybridized carbons (Fsp3) is 0.227. The van der Waals surface area contributed by atoms with Gasteiger partial charge in [0.2, 0.25) is 5.91 Å². The molecular weight excluding hydrogens is 389 g/mol. The monoisotopic (exact) mass is 409 g/mol. The number of hydrogen-bond acceptors (Lipinski definition) is 4. The Labute approximate surface area is 171 Å². The fourth-order valence-corrected chi connectivity index (χ4v) is 4.45. The zero-order valence-electron chi connectivity index (χ0n) is 16.1. The number of nitrogens with zero attached hydrogens (tertiary/aromatic N) is 1. The van der Waals surface area contributed by atoms with Gasteiger partial charge in [-0.2, -0.15) is 0 Å². The van der Waals surface area contributed by atoms with Crippen LogP contribution in [0.3, 0.4) is 0 Å². The molecule has 2 aromatic carbocycles. The molecule has 4 rings (SSSR count). The number of benzene rings is 2. The van der Waals surface area contributed by atoms with Crippen LogP contribution in [0.2, 0.25) is 0 Å². The average Bonchev–Trinajstić information content (AvgIpc) is 2.66. The molecule has 2 heterocycles. The number of fused-ring (bicyclic) bond motifs is 1. The lowest BCUT2D eigenvalue weighted by molar-refractivity contribution is -0.116. The Morgan fingerprint density at radius 1 is 1.14 bits per heavy atom. The summed E-state index contributed by atoms with van der Waals surface area (Å²) in [4.78, 5) is 32.5. The molecule has 0 bridgehead atoms. The molecule has 5 nitrogen and oxygen atoms in total. The third-order valence-electron chi connectivity index (χ3n) is 5.02. The van der Waals surface area contributed by atoms with E-state index in [1.165, 1.54) is 23.9 Å². The summed E-state index contributed by atoms with van der Waals surface area (Å²) in [7, 11) is 0. The van der Waals surface area contributed by atoms with Gasteiger partial charge >= 0.3 is 0 Å². The van der Waals surface area contributed by atoms with Crippen LogP contribution in [-0.4, -0.2) is 15.9 Å². The van der Waals surface area contributed by atoms with Gasteiger partial charge in [-0.1, -0.05) is 47.7 Å². The molecule has 1 aromatic heterocycles. The maximum atomic E-state index is 13.0. The van der Waals surface area contributed by atoms with Gasteiger partial charge in [-0.15, -0.1) is 0 Å². The van der Waals surface area contributed by atoms with Gasteiger partial charge in [0.05, 0.1) is 5.56 Å². The second kappa shape index (κ2) is 7.83. The SMILES string of the molecule is Cc1ccc([C@H]2CC(=O)Nc3nc(SCc4ccc(F)cc4)[nH]c(=O)c32)c(C)c1. The highest BCUT2D eigenvalue weighted by Gasteiger charge is 2.31. The van der Waals surface area contributed by atoms with Crippen LogP contribution in [0.4, 0.5) is 10.2 Å². The van der Waals surface area contributed by atoms with Gasteiger partial charge in [0, 0.05) is 18.1 Å². The largest absolute Gasteiger partial charge is 0.310 e. The van der Waals surface area contributed by atoms with Crippen LogP contribution in [0.25, 0.3) is 0 Å². The molecule has 0 radical (unpaired) electrons. The molecule has 0 saturated heterocycles. The van der Waals surface area contributed by atoms with E-state index in [0.717, 1.165) is 22.3 Å². The first kappa shape index (κ1) is 19.4. The van der Waals surface area contributed by atoms with Gasteiger partial charge in [0.25, 0.3) is 5.56 Å². The Morgan fingerprint density at radius 2 is 1.90 bits per heavy atom. The number of aromatic nitrogens is 2. The first-order chi connectivity index (χ1) is 13.9. The highest BCUT2D eigenvalue weighted by molar-refractivity contribution is 7.98. The minimum atomic E-state index is -0.327. The second-order valence-electron chi connectivity index (χ2n) is 7.21. The minimum Gasteiger partial charge on any atom is -0.310 e. The maximum Gasteiger partial charge on any atom is 0.257 e. The molecule has 148 valence electrons. The van der Waals surface area contributed by atoms with Crippen LogP contribution in [0.15, 0.2) is 52.4 Å². The van der Waals surface area contributed by atoms with E-state index in [1.54, 1.807) is 12.1 Å². The number of carbonyl (C=O) groups excluding carboxylic acids is 1. The number of nitrogens with one attached hydrogen (secondary N) is 2. The number of thioether (sulfide) groups is 1. The Morgan fingerprint density at radius 3 is 2.62 bits per heavy atom. The second-order valence-corrected chi connectivity index (χ2v) is 8.18. The summed E-state index contributed by atoms with van der Waals surface area (Å²) >= 11 is 1.33. The number of hydrogen-bond donors (Lipinski definition) is 2. The molecule has 1 amide bonds. The van der Waals surface area contributed by atoms with Gasteiger partial charge in [-0.05, 0) is 42.7 Å². The standard InChI is InChI=1S/C22H20FN3O2S/c1-12-3-8-16(13(2)9-12)17-10-18(27)24-20-19(17)21(28)26-22(25-20)29-11-14-4-6-15(23)7-5-14/h3-9,17H,10-11H2,1-2H3,(H2,24,25,26,27,28)/t17-/m1/s1. The van der Waals surface area contributed by atoms with Crippen LogP contribution < -0.4 is 10.9 Å². The summed E-state index contributed by atoms with van der Waals surface area (Å²) in [6.45, 7) is 4.00. The van der Waals surface area contributed by atoms with Crippen molar-refractivity contribution >= 4 is 23.5 Å². The van der Waals surface area contributed by atoms with Crippen LogP contribution in [0, 0.1) is 19.7 Å². The summed E-state index contributed by atoms with van der Waals surface area (Å²) < 4.78 is 13.0. The lowest BCUT2D eigenvalue weighted by atomic mass is 9.84. The fourth-order valence-electron chi connectivity index (χ4n) is 3.63. The van der Waals surface area contributed by atoms with Crippen LogP contribution in [0.1, 0.15) is 40.2 Å². The highest BCUT2D eigenvalue weighted by Crippen LogP contribution is 2.36. The van der Waals surface area contributed by atoms with E-state index in [1.807, 2.05) is 26.0 Å². The molecule has 3 aromatic rings. The Hall–Kier alpha value is -2.93. The Kier molecular flexibility index (Phi) is 5.24. The van der Waals surface area contributed by atoms with Crippen molar-refractivity contribution < 1.29 is 9.18 Å². The number of carbonyl (C=O) groups is 1. The third kappa shape index (κ3) is 4.10. The van der Waals surface area contributed by atoms with Crippen molar-refractivity contribution in [2.45, 2.75) is 37.1 Å². The molecule has 1 aliphatic rings. The van der Waals surface area contributed by atoms with E-state index < -0.39 is 0 Å². The topological polar surface area (TPSA) is 74.8 Å². The van der Waals surface area contributed by atoms with Gasteiger partial charge in [-0.25, -0.2) is 9.37 Å². The average molecular weight is 409 g/mol. The van der Waals surface area contributed by atoms with Crippen molar-refractivity contribution in [3.8, 4) is 0 Å². The van der Waals surface area contributed by atoms with Crippen LogP contribution in [-0.2, 0) is 10.5 Å². The molecule has 2 N–H and O–H groups in total. The minimum absolute atomic E-state index is 0.157. The number of amides is 1. The van der Waals surface area contributed by atoms with E-state index in [-0.39, 0.29) is 29.6 Å². The van der Waals surface area contributed by atoms with E-state index in [0.29, 0.717) is 22.3 Å². The summed E-state index contributed by atoms with van der Waals surface area (Å²) in [5.41, 5.74) is 4.29. The number of halogens is 1. The molecule has 0 saturated carbocycles. The Balaban J connectivity index is 1.66. The molecule has 29 heavy (non-hydrogen) atoms. The lowest BCUT2D eigenvalue weighted by Gasteiger charge is -2.25. The lowest BCUT2D eigenvalue weighted by Crippen LogP contribution is -2.31. The van der Waals surface area contributed by atoms with Crippen molar-refractivity contribution in [1.29, 1.82) is 0 Å². The van der Waals surface area contributed by atoms with Crippen LogP contribution in [0.5, 0.6) is 0 Å². The van der Waals surface area contributed by atoms with Gasteiger partial charge in [0.15, 0.2) is 5.16 Å². The molecule has 1 aliphatic heterocycles. The normalized spacial score (nSPS) is 15.7. The molecule has 0 aliphatic carbocycles. The molecule has 0 fully saturated rings. The van der Waals surface area contributed by atoms with Crippen molar-refractivity contribution in [3.05, 3.63) is 86.5 Å². The van der Waals surface area contributed by atoms with Crippen molar-refractivity contribution in [1.82, 2.24) is 9.97 Å². The third-order valence-corrected chi connectivity index (χ3v) is 5.96. The van der Waals surface area contributed by atoms with E-state index in [9.17, 15) is 14.0 Å². The maximum absolute atomic E-state index is 13.0. The summed E-state index contributed by atoms with van der Waals surface area (Å²) in [6.07, 6.45) is 0.212. The first-order valence-corrected chi connectivity index (χ1v) is 10.3. The number of aromatic amines is 1. The first-order valence-electron chi connectivity index (χ1n) is 9.29. The molecular formula is C22H20FN3O2S. The van der Waals surface area contributed by atoms with Gasteiger partial charge in [0.1, 0.15) is 11.6 Å². The predicted molar refractivity (Wildman–Crippen MR) is 112 cm³/mol. The summed E-state index contributed by atoms with van der Waals surface area (Å²) in [5, 5.41) is 3.16. The Bertz CT molecular complexity index is 1140. The summed E-state index contributed by atoms with van der Waals surface area (Å²) in [6, 6.07) is 12.2. The number of rotatable bonds is 4. The zero-order valence-corrected chi connectivity index (χ0v) is 16.9. The molecule has 0 spiro atoms. The van der Waals surface area contributed by atoms with Crippen molar-refractivity contribution in [2.75, 3.05) is 5.32 Å². The quantitative estimate of drug-likeness (QED) is 0.498. The van der Waals surface area contributed by atoms with Gasteiger partial charge in [-0.3, -0.25) is 9.59 Å². The van der Waals surface area contributed by atoms with Crippen molar-refractivity contribution in [3.63, 3.8) is 0 Å². The number of aryl methyl sites for hydroxylation is 2.